The van der Waals surface area contributed by atoms with Crippen LogP contribution in [0.4, 0.5) is 10.9 Å². The first-order valence-electron chi connectivity index (χ1n) is 6.47. The molecule has 7 heteroatoms. The Kier molecular flexibility index (Phi) is 4.26. The predicted octanol–water partition coefficient (Wildman–Crippen LogP) is 1.14. The molecule has 1 fully saturated rings. The highest BCUT2D eigenvalue weighted by molar-refractivity contribution is 7.18. The van der Waals surface area contributed by atoms with Crippen molar-refractivity contribution in [3.05, 3.63) is 4.88 Å². The number of aliphatic hydroxyl groups is 1. The van der Waals surface area contributed by atoms with E-state index in [2.05, 4.69) is 10.3 Å². The molecule has 1 aromatic heterocycles. The van der Waals surface area contributed by atoms with Gasteiger partial charge in [0.25, 0.3) is 5.91 Å². The second kappa shape index (κ2) is 5.75. The Morgan fingerprint density at radius 3 is 2.74 bits per heavy atom. The predicted molar refractivity (Wildman–Crippen MR) is 76.4 cm³/mol. The number of anilines is 2. The maximum absolute atomic E-state index is 12.3. The lowest BCUT2D eigenvalue weighted by Gasteiger charge is -2.29. The number of hydrogen-bond donors (Lipinski definition) is 3. The summed E-state index contributed by atoms with van der Waals surface area (Å²) in [6, 6.07) is 0.249. The molecule has 0 aromatic carbocycles. The summed E-state index contributed by atoms with van der Waals surface area (Å²) >= 11 is 1.29. The van der Waals surface area contributed by atoms with Crippen LogP contribution in [0, 0.1) is 0 Å². The number of likely N-dealkylation sites (tertiary alicyclic amines) is 1. The van der Waals surface area contributed by atoms with E-state index in [1.54, 1.807) is 4.90 Å². The summed E-state index contributed by atoms with van der Waals surface area (Å²) in [4.78, 5) is 18.7. The van der Waals surface area contributed by atoms with E-state index >= 15 is 0 Å². The minimum absolute atomic E-state index is 0.0845. The largest absolute Gasteiger partial charge is 0.393 e. The average molecular weight is 284 g/mol. The van der Waals surface area contributed by atoms with Gasteiger partial charge in [0.2, 0.25) is 0 Å². The third kappa shape index (κ3) is 3.36. The van der Waals surface area contributed by atoms with Gasteiger partial charge in [0.1, 0.15) is 10.7 Å². The van der Waals surface area contributed by atoms with Crippen LogP contribution in [0.1, 0.15) is 36.4 Å². The Morgan fingerprint density at radius 1 is 1.53 bits per heavy atom. The summed E-state index contributed by atoms with van der Waals surface area (Å²) in [5.41, 5.74) is 5.81. The summed E-state index contributed by atoms with van der Waals surface area (Å²) in [7, 11) is 0. The first-order chi connectivity index (χ1) is 8.97. The lowest BCUT2D eigenvalue weighted by molar-refractivity contribution is 0.0551. The van der Waals surface area contributed by atoms with E-state index in [1.807, 2.05) is 13.8 Å². The number of aromatic nitrogens is 1. The number of carbonyl (C=O) groups is 1. The van der Waals surface area contributed by atoms with Crippen molar-refractivity contribution in [3.63, 3.8) is 0 Å². The normalized spacial score (nSPS) is 16.9. The lowest BCUT2D eigenvalue weighted by Crippen LogP contribution is -2.39. The third-order valence-electron chi connectivity index (χ3n) is 3.01. The molecule has 1 aliphatic rings. The number of piperidine rings is 1. The Labute approximate surface area is 116 Å². The zero-order valence-electron chi connectivity index (χ0n) is 11.2. The van der Waals surface area contributed by atoms with Crippen molar-refractivity contribution >= 4 is 28.2 Å². The molecule has 1 amide bonds. The van der Waals surface area contributed by atoms with Crippen LogP contribution in [0.25, 0.3) is 0 Å². The van der Waals surface area contributed by atoms with E-state index in [0.717, 1.165) is 0 Å². The molecule has 0 radical (unpaired) electrons. The van der Waals surface area contributed by atoms with Crippen LogP contribution in [0.3, 0.4) is 0 Å². The van der Waals surface area contributed by atoms with Gasteiger partial charge in [-0.25, -0.2) is 4.98 Å². The molecule has 6 nitrogen and oxygen atoms in total. The molecule has 0 aliphatic carbocycles. The quantitative estimate of drug-likeness (QED) is 0.774. The van der Waals surface area contributed by atoms with Crippen LogP contribution in [-0.4, -0.2) is 46.1 Å². The number of nitrogens with zero attached hydrogens (tertiary/aromatic N) is 2. The van der Waals surface area contributed by atoms with Gasteiger partial charge in [-0.05, 0) is 26.7 Å². The van der Waals surface area contributed by atoms with Crippen molar-refractivity contribution < 1.29 is 9.90 Å². The smallest absolute Gasteiger partial charge is 0.267 e. The van der Waals surface area contributed by atoms with Crippen molar-refractivity contribution in [2.45, 2.75) is 38.8 Å². The SMILES string of the molecule is CC(C)Nc1nc(N)c(C(=O)N2CCC(O)CC2)s1. The average Bonchev–Trinajstić information content (AvgIpc) is 2.69. The minimum atomic E-state index is -0.291. The second-order valence-electron chi connectivity index (χ2n) is 5.06. The molecule has 2 heterocycles. The van der Waals surface area contributed by atoms with Gasteiger partial charge in [-0.1, -0.05) is 11.3 Å². The second-order valence-corrected chi connectivity index (χ2v) is 6.05. The first-order valence-corrected chi connectivity index (χ1v) is 7.29. The number of hydrogen-bond acceptors (Lipinski definition) is 6. The van der Waals surface area contributed by atoms with E-state index in [1.165, 1.54) is 11.3 Å². The maximum atomic E-state index is 12.3. The standard InChI is InChI=1S/C12H20N4O2S/c1-7(2)14-12-15-10(13)9(19-12)11(18)16-5-3-8(17)4-6-16/h7-8,17H,3-6,13H2,1-2H3,(H,14,15). The van der Waals surface area contributed by atoms with Gasteiger partial charge in [0, 0.05) is 19.1 Å². The topological polar surface area (TPSA) is 91.5 Å². The molecule has 1 saturated heterocycles. The Bertz CT molecular complexity index is 453. The molecule has 0 atom stereocenters. The van der Waals surface area contributed by atoms with Gasteiger partial charge in [0.05, 0.1) is 6.10 Å². The number of rotatable bonds is 3. The van der Waals surface area contributed by atoms with E-state index in [9.17, 15) is 9.90 Å². The molecular formula is C12H20N4O2S. The van der Waals surface area contributed by atoms with Crippen LogP contribution in [0.15, 0.2) is 0 Å². The fraction of sp³-hybridized carbons (Fsp3) is 0.667. The molecule has 2 rings (SSSR count). The third-order valence-corrected chi connectivity index (χ3v) is 4.00. The lowest BCUT2D eigenvalue weighted by atomic mass is 10.1. The molecule has 0 bridgehead atoms. The fourth-order valence-electron chi connectivity index (χ4n) is 2.01. The van der Waals surface area contributed by atoms with Gasteiger partial charge < -0.3 is 21.1 Å². The number of aliphatic hydroxyl groups excluding tert-OH is 1. The van der Waals surface area contributed by atoms with E-state index in [4.69, 9.17) is 5.73 Å². The summed E-state index contributed by atoms with van der Waals surface area (Å²) in [5.74, 6) is 0.197. The van der Waals surface area contributed by atoms with Crippen molar-refractivity contribution in [2.75, 3.05) is 24.1 Å². The summed E-state index contributed by atoms with van der Waals surface area (Å²) < 4.78 is 0. The molecule has 106 valence electrons. The minimum Gasteiger partial charge on any atom is -0.393 e. The van der Waals surface area contributed by atoms with Crippen LogP contribution in [0.5, 0.6) is 0 Å². The maximum Gasteiger partial charge on any atom is 0.267 e. The summed E-state index contributed by atoms with van der Waals surface area (Å²) in [6.45, 7) is 5.16. The molecular weight excluding hydrogens is 264 g/mol. The van der Waals surface area contributed by atoms with Crippen molar-refractivity contribution in [3.8, 4) is 0 Å². The number of nitrogens with one attached hydrogen (secondary N) is 1. The highest BCUT2D eigenvalue weighted by Crippen LogP contribution is 2.27. The summed E-state index contributed by atoms with van der Waals surface area (Å²) in [5, 5.41) is 13.3. The van der Waals surface area contributed by atoms with Gasteiger partial charge in [-0.3, -0.25) is 4.79 Å². The molecule has 4 N–H and O–H groups in total. The number of carbonyl (C=O) groups excluding carboxylic acids is 1. The molecule has 0 unspecified atom stereocenters. The molecule has 1 aromatic rings. The number of nitrogen functional groups attached to an aromatic ring is 1. The van der Waals surface area contributed by atoms with Crippen molar-refractivity contribution in [1.29, 1.82) is 0 Å². The zero-order valence-corrected chi connectivity index (χ0v) is 12.0. The number of nitrogens with two attached hydrogens (primary N) is 1. The first kappa shape index (κ1) is 14.1. The number of thiazole rings is 1. The van der Waals surface area contributed by atoms with Crippen LogP contribution in [0.2, 0.25) is 0 Å². The van der Waals surface area contributed by atoms with Crippen molar-refractivity contribution in [2.24, 2.45) is 0 Å². The Hall–Kier alpha value is -1.34. The van der Waals surface area contributed by atoms with Gasteiger partial charge in [0.15, 0.2) is 5.13 Å². The van der Waals surface area contributed by atoms with Gasteiger partial charge in [-0.15, -0.1) is 0 Å². The van der Waals surface area contributed by atoms with Crippen LogP contribution < -0.4 is 11.1 Å². The Balaban J connectivity index is 2.08. The van der Waals surface area contributed by atoms with E-state index < -0.39 is 0 Å². The molecule has 0 spiro atoms. The van der Waals surface area contributed by atoms with Crippen LogP contribution in [-0.2, 0) is 0 Å². The summed E-state index contributed by atoms with van der Waals surface area (Å²) in [6.07, 6.45) is 0.962. The Morgan fingerprint density at radius 2 is 2.16 bits per heavy atom. The zero-order chi connectivity index (χ0) is 14.0. The van der Waals surface area contributed by atoms with Gasteiger partial charge in [-0.2, -0.15) is 0 Å². The number of amides is 1. The molecule has 0 saturated carbocycles. The highest BCUT2D eigenvalue weighted by Gasteiger charge is 2.26. The highest BCUT2D eigenvalue weighted by atomic mass is 32.1. The molecule has 1 aliphatic heterocycles. The van der Waals surface area contributed by atoms with Crippen LogP contribution >= 0.6 is 11.3 Å². The van der Waals surface area contributed by atoms with Crippen molar-refractivity contribution in [1.82, 2.24) is 9.88 Å². The monoisotopic (exact) mass is 284 g/mol. The van der Waals surface area contributed by atoms with E-state index in [-0.39, 0.29) is 23.9 Å². The molecule has 19 heavy (non-hydrogen) atoms. The fourth-order valence-corrected chi connectivity index (χ4v) is 3.01. The van der Waals surface area contributed by atoms with Gasteiger partial charge >= 0.3 is 0 Å². The van der Waals surface area contributed by atoms with E-state index in [0.29, 0.717) is 35.9 Å².